The summed E-state index contributed by atoms with van der Waals surface area (Å²) in [7, 11) is 0. The van der Waals surface area contributed by atoms with Crippen molar-refractivity contribution in [1.82, 2.24) is 4.98 Å². The highest BCUT2D eigenvalue weighted by Gasteiger charge is 2.17. The Morgan fingerprint density at radius 1 is 1.20 bits per heavy atom. The van der Waals surface area contributed by atoms with Crippen LogP contribution in [0.3, 0.4) is 0 Å². The molecule has 0 amide bonds. The highest BCUT2D eigenvalue weighted by Crippen LogP contribution is 2.24. The third-order valence-electron chi connectivity index (χ3n) is 2.71. The summed E-state index contributed by atoms with van der Waals surface area (Å²) < 4.78 is 11.2. The minimum absolute atomic E-state index is 0.0195. The molecule has 0 aliphatic carbocycles. The van der Waals surface area contributed by atoms with Crippen molar-refractivity contribution in [2.45, 2.75) is 45.9 Å². The zero-order chi connectivity index (χ0) is 15.2. The Hall–Kier alpha value is -0.800. The predicted molar refractivity (Wildman–Crippen MR) is 83.6 cm³/mol. The quantitative estimate of drug-likeness (QED) is 0.559. The van der Waals surface area contributed by atoms with Crippen LogP contribution in [-0.2, 0) is 16.0 Å². The van der Waals surface area contributed by atoms with Gasteiger partial charge in [0.2, 0.25) is 5.88 Å². The van der Waals surface area contributed by atoms with Crippen LogP contribution in [0.25, 0.3) is 0 Å². The molecule has 20 heavy (non-hydrogen) atoms. The van der Waals surface area contributed by atoms with E-state index in [1.807, 2.05) is 12.1 Å². The number of aromatic nitrogens is 1. The second-order valence-corrected chi connectivity index (χ2v) is 6.67. The van der Waals surface area contributed by atoms with Crippen molar-refractivity contribution in [3.8, 4) is 5.88 Å². The molecule has 0 N–H and O–H groups in total. The molecule has 0 aromatic carbocycles. The van der Waals surface area contributed by atoms with E-state index in [9.17, 15) is 0 Å². The van der Waals surface area contributed by atoms with E-state index in [0.717, 1.165) is 17.9 Å². The first kappa shape index (κ1) is 17.3. The summed E-state index contributed by atoms with van der Waals surface area (Å²) in [6.45, 7) is 12.5. The lowest BCUT2D eigenvalue weighted by atomic mass is 9.91. The van der Waals surface area contributed by atoms with Crippen LogP contribution in [-0.4, -0.2) is 24.8 Å². The summed E-state index contributed by atoms with van der Waals surface area (Å²) in [5, 5.41) is 0. The summed E-state index contributed by atoms with van der Waals surface area (Å²) in [5.74, 6) is 1.63. The summed E-state index contributed by atoms with van der Waals surface area (Å²) in [6, 6.07) is 3.93. The van der Waals surface area contributed by atoms with Gasteiger partial charge in [0, 0.05) is 24.0 Å². The normalized spacial score (nSPS) is 11.9. The SMILES string of the molecule is CC(C)COCCOc1cc(CCl)cc(C(C)(C)C)n1. The summed E-state index contributed by atoms with van der Waals surface area (Å²) >= 11 is 5.93. The van der Waals surface area contributed by atoms with Gasteiger partial charge in [-0.2, -0.15) is 0 Å². The fraction of sp³-hybridized carbons (Fsp3) is 0.688. The number of pyridine rings is 1. The van der Waals surface area contributed by atoms with Gasteiger partial charge in [0.15, 0.2) is 0 Å². The monoisotopic (exact) mass is 299 g/mol. The van der Waals surface area contributed by atoms with E-state index < -0.39 is 0 Å². The number of nitrogens with zero attached hydrogens (tertiary/aromatic N) is 1. The molecule has 0 aliphatic heterocycles. The van der Waals surface area contributed by atoms with Gasteiger partial charge in [0.05, 0.1) is 12.3 Å². The third kappa shape index (κ3) is 6.10. The highest BCUT2D eigenvalue weighted by molar-refractivity contribution is 6.17. The molecule has 4 heteroatoms. The molecule has 0 aliphatic rings. The van der Waals surface area contributed by atoms with Crippen LogP contribution >= 0.6 is 11.6 Å². The van der Waals surface area contributed by atoms with E-state index in [-0.39, 0.29) is 5.41 Å². The summed E-state index contributed by atoms with van der Waals surface area (Å²) in [6.07, 6.45) is 0. The van der Waals surface area contributed by atoms with Gasteiger partial charge in [-0.1, -0.05) is 34.6 Å². The molecule has 0 fully saturated rings. The fourth-order valence-electron chi connectivity index (χ4n) is 1.62. The topological polar surface area (TPSA) is 31.4 Å². The van der Waals surface area contributed by atoms with Gasteiger partial charge in [0.1, 0.15) is 6.61 Å². The van der Waals surface area contributed by atoms with Crippen molar-refractivity contribution in [3.63, 3.8) is 0 Å². The molecule has 0 unspecified atom stereocenters. The standard InChI is InChI=1S/C16H26ClNO2/c1-12(2)11-19-6-7-20-15-9-13(10-17)8-14(18-15)16(3,4)5/h8-9,12H,6-7,10-11H2,1-5H3. The Morgan fingerprint density at radius 3 is 2.45 bits per heavy atom. The van der Waals surface area contributed by atoms with E-state index in [2.05, 4.69) is 39.6 Å². The van der Waals surface area contributed by atoms with Crippen LogP contribution in [0.15, 0.2) is 12.1 Å². The van der Waals surface area contributed by atoms with E-state index in [4.69, 9.17) is 21.1 Å². The number of rotatable bonds is 7. The summed E-state index contributed by atoms with van der Waals surface area (Å²) in [4.78, 5) is 4.55. The molecule has 114 valence electrons. The maximum atomic E-state index is 5.93. The van der Waals surface area contributed by atoms with E-state index in [1.54, 1.807) is 0 Å². The number of alkyl halides is 1. The molecular weight excluding hydrogens is 274 g/mol. The zero-order valence-corrected chi connectivity index (χ0v) is 14.0. The van der Waals surface area contributed by atoms with Crippen molar-refractivity contribution >= 4 is 11.6 Å². The minimum atomic E-state index is -0.0195. The lowest BCUT2D eigenvalue weighted by Gasteiger charge is -2.19. The highest BCUT2D eigenvalue weighted by atomic mass is 35.5. The van der Waals surface area contributed by atoms with Gasteiger partial charge in [-0.15, -0.1) is 11.6 Å². The second-order valence-electron chi connectivity index (χ2n) is 6.40. The first-order valence-electron chi connectivity index (χ1n) is 7.11. The maximum absolute atomic E-state index is 5.93. The maximum Gasteiger partial charge on any atom is 0.213 e. The first-order valence-corrected chi connectivity index (χ1v) is 7.64. The number of ether oxygens (including phenoxy) is 2. The molecule has 0 spiro atoms. The Balaban J connectivity index is 2.61. The number of halogens is 1. The van der Waals surface area contributed by atoms with Crippen LogP contribution in [0.1, 0.15) is 45.9 Å². The first-order chi connectivity index (χ1) is 9.32. The largest absolute Gasteiger partial charge is 0.475 e. The van der Waals surface area contributed by atoms with Crippen LogP contribution in [0, 0.1) is 5.92 Å². The molecule has 0 bridgehead atoms. The lowest BCUT2D eigenvalue weighted by molar-refractivity contribution is 0.0805. The molecule has 0 saturated heterocycles. The van der Waals surface area contributed by atoms with E-state index >= 15 is 0 Å². The average Bonchev–Trinajstić information content (AvgIpc) is 2.36. The number of hydrogen-bond acceptors (Lipinski definition) is 3. The van der Waals surface area contributed by atoms with Gasteiger partial charge < -0.3 is 9.47 Å². The second kappa shape index (κ2) is 7.84. The molecule has 1 aromatic heterocycles. The molecule has 0 radical (unpaired) electrons. The Bertz CT molecular complexity index is 413. The molecule has 1 heterocycles. The van der Waals surface area contributed by atoms with Crippen LogP contribution in [0.5, 0.6) is 5.88 Å². The van der Waals surface area contributed by atoms with Crippen molar-refractivity contribution in [2.75, 3.05) is 19.8 Å². The third-order valence-corrected chi connectivity index (χ3v) is 3.02. The molecule has 0 atom stereocenters. The van der Waals surface area contributed by atoms with Crippen LogP contribution < -0.4 is 4.74 Å². The Labute approximate surface area is 127 Å². The summed E-state index contributed by atoms with van der Waals surface area (Å²) in [5.41, 5.74) is 2.01. The lowest BCUT2D eigenvalue weighted by Crippen LogP contribution is -2.16. The minimum Gasteiger partial charge on any atom is -0.475 e. The fourth-order valence-corrected chi connectivity index (χ4v) is 1.77. The molecular formula is C16H26ClNO2. The molecule has 1 aromatic rings. The zero-order valence-electron chi connectivity index (χ0n) is 13.2. The Morgan fingerprint density at radius 2 is 1.90 bits per heavy atom. The van der Waals surface area contributed by atoms with Crippen molar-refractivity contribution in [3.05, 3.63) is 23.4 Å². The number of hydrogen-bond donors (Lipinski definition) is 0. The van der Waals surface area contributed by atoms with Gasteiger partial charge in [-0.3, -0.25) is 0 Å². The predicted octanol–water partition coefficient (Wildman–Crippen LogP) is 4.17. The van der Waals surface area contributed by atoms with Crippen molar-refractivity contribution in [1.29, 1.82) is 0 Å². The smallest absolute Gasteiger partial charge is 0.213 e. The van der Waals surface area contributed by atoms with Crippen molar-refractivity contribution in [2.24, 2.45) is 5.92 Å². The van der Waals surface area contributed by atoms with Gasteiger partial charge in [-0.25, -0.2) is 4.98 Å². The molecule has 0 saturated carbocycles. The van der Waals surface area contributed by atoms with Gasteiger partial charge in [0.25, 0.3) is 0 Å². The molecule has 3 nitrogen and oxygen atoms in total. The van der Waals surface area contributed by atoms with E-state index in [1.165, 1.54) is 0 Å². The van der Waals surface area contributed by atoms with E-state index in [0.29, 0.717) is 30.9 Å². The average molecular weight is 300 g/mol. The van der Waals surface area contributed by atoms with Crippen LogP contribution in [0.2, 0.25) is 0 Å². The van der Waals surface area contributed by atoms with Crippen molar-refractivity contribution < 1.29 is 9.47 Å². The van der Waals surface area contributed by atoms with Gasteiger partial charge >= 0.3 is 0 Å². The van der Waals surface area contributed by atoms with Gasteiger partial charge in [-0.05, 0) is 17.5 Å². The molecule has 1 rings (SSSR count). The Kier molecular flexibility index (Phi) is 6.77. The van der Waals surface area contributed by atoms with Crippen LogP contribution in [0.4, 0.5) is 0 Å².